The van der Waals surface area contributed by atoms with E-state index in [1.165, 1.54) is 0 Å². The minimum Gasteiger partial charge on any atom is -0.360 e. The number of nitrogens with one attached hydrogen (secondary N) is 1. The van der Waals surface area contributed by atoms with Gasteiger partial charge >= 0.3 is 6.03 Å². The second-order valence-corrected chi connectivity index (χ2v) is 3.33. The van der Waals surface area contributed by atoms with Crippen LogP contribution in [0.2, 0.25) is 0 Å². The van der Waals surface area contributed by atoms with Gasteiger partial charge in [-0.15, -0.1) is 0 Å². The average molecular weight is 195 g/mol. The van der Waals surface area contributed by atoms with Gasteiger partial charge in [0.1, 0.15) is 0 Å². The fraction of sp³-hybridized carbons (Fsp3) is 0.556. The summed E-state index contributed by atoms with van der Waals surface area (Å²) in [6.07, 6.45) is 3.78. The van der Waals surface area contributed by atoms with Crippen LogP contribution in [0.3, 0.4) is 0 Å². The number of rotatable bonds is 2. The third-order valence-electron chi connectivity index (χ3n) is 2.30. The molecule has 1 aromatic rings. The van der Waals surface area contributed by atoms with Gasteiger partial charge in [0.25, 0.3) is 0 Å². The molecule has 1 saturated heterocycles. The molecule has 0 saturated carbocycles. The molecule has 1 aliphatic rings. The van der Waals surface area contributed by atoms with E-state index in [2.05, 4.69) is 10.5 Å². The maximum Gasteiger partial charge on any atom is 0.317 e. The molecule has 1 aliphatic heterocycles. The minimum absolute atomic E-state index is 0.0149. The molecule has 0 aliphatic carbocycles. The molecule has 2 rings (SSSR count). The molecule has 0 bridgehead atoms. The molecular weight excluding hydrogens is 182 g/mol. The van der Waals surface area contributed by atoms with Crippen molar-refractivity contribution in [2.75, 3.05) is 13.1 Å². The molecule has 5 nitrogen and oxygen atoms in total. The van der Waals surface area contributed by atoms with Crippen molar-refractivity contribution in [3.63, 3.8) is 0 Å². The molecule has 2 heterocycles. The summed E-state index contributed by atoms with van der Waals surface area (Å²) in [7, 11) is 0. The van der Waals surface area contributed by atoms with Crippen molar-refractivity contribution in [3.8, 4) is 0 Å². The predicted molar refractivity (Wildman–Crippen MR) is 49.5 cm³/mol. The normalized spacial score (nSPS) is 15.9. The highest BCUT2D eigenvalue weighted by Gasteiger charge is 2.17. The Bertz CT molecular complexity index is 291. The molecule has 1 aromatic heterocycles. The second-order valence-electron chi connectivity index (χ2n) is 3.33. The lowest BCUT2D eigenvalue weighted by Gasteiger charge is -2.15. The second kappa shape index (κ2) is 4.13. The first-order valence-corrected chi connectivity index (χ1v) is 4.78. The molecule has 2 amide bonds. The third-order valence-corrected chi connectivity index (χ3v) is 2.30. The summed E-state index contributed by atoms with van der Waals surface area (Å²) in [6, 6.07) is 1.73. The van der Waals surface area contributed by atoms with Gasteiger partial charge in [-0.2, -0.15) is 0 Å². The van der Waals surface area contributed by atoms with Crippen LogP contribution in [0.1, 0.15) is 18.6 Å². The number of nitrogens with zero attached hydrogens (tertiary/aromatic N) is 2. The van der Waals surface area contributed by atoms with Crippen molar-refractivity contribution < 1.29 is 9.32 Å². The summed E-state index contributed by atoms with van der Waals surface area (Å²) in [6.45, 7) is 2.14. The zero-order valence-electron chi connectivity index (χ0n) is 7.90. The molecule has 0 radical (unpaired) electrons. The molecule has 0 atom stereocenters. The number of amides is 2. The topological polar surface area (TPSA) is 58.4 Å². The molecule has 0 unspecified atom stereocenters. The minimum atomic E-state index is -0.0149. The Hall–Kier alpha value is -1.52. The lowest BCUT2D eigenvalue weighted by Crippen LogP contribution is -2.37. The van der Waals surface area contributed by atoms with Crippen LogP contribution in [0.25, 0.3) is 0 Å². The molecule has 0 aromatic carbocycles. The lowest BCUT2D eigenvalue weighted by atomic mass is 10.4. The standard InChI is InChI=1S/C9H13N3O2/c13-9(12-5-1-2-6-12)10-7-8-3-4-11-14-8/h3-4H,1-2,5-7H2,(H,10,13). The highest BCUT2D eigenvalue weighted by Crippen LogP contribution is 2.07. The van der Waals surface area contributed by atoms with Gasteiger partial charge in [0.2, 0.25) is 0 Å². The Morgan fingerprint density at radius 2 is 2.36 bits per heavy atom. The zero-order chi connectivity index (χ0) is 9.80. The predicted octanol–water partition coefficient (Wildman–Crippen LogP) is 0.980. The van der Waals surface area contributed by atoms with Crippen molar-refractivity contribution in [2.24, 2.45) is 0 Å². The average Bonchev–Trinajstić information content (AvgIpc) is 2.87. The van der Waals surface area contributed by atoms with Gasteiger partial charge in [-0.1, -0.05) is 5.16 Å². The summed E-state index contributed by atoms with van der Waals surface area (Å²) in [5, 5.41) is 6.34. The number of hydrogen-bond donors (Lipinski definition) is 1. The molecule has 1 N–H and O–H groups in total. The van der Waals surface area contributed by atoms with Crippen LogP contribution in [0.4, 0.5) is 4.79 Å². The molecule has 1 fully saturated rings. The van der Waals surface area contributed by atoms with Crippen LogP contribution in [-0.4, -0.2) is 29.2 Å². The molecule has 76 valence electrons. The fourth-order valence-corrected chi connectivity index (χ4v) is 1.53. The molecule has 0 spiro atoms. The highest BCUT2D eigenvalue weighted by atomic mass is 16.5. The summed E-state index contributed by atoms with van der Waals surface area (Å²) >= 11 is 0. The number of aromatic nitrogens is 1. The van der Waals surface area contributed by atoms with Crippen molar-refractivity contribution in [1.29, 1.82) is 0 Å². The first-order chi connectivity index (χ1) is 6.86. The van der Waals surface area contributed by atoms with E-state index in [4.69, 9.17) is 4.52 Å². The number of carbonyl (C=O) groups is 1. The Morgan fingerprint density at radius 3 is 3.00 bits per heavy atom. The lowest BCUT2D eigenvalue weighted by molar-refractivity contribution is 0.207. The van der Waals surface area contributed by atoms with Gasteiger partial charge < -0.3 is 14.7 Å². The van der Waals surface area contributed by atoms with Gasteiger partial charge in [-0.05, 0) is 12.8 Å². The summed E-state index contributed by atoms with van der Waals surface area (Å²) < 4.78 is 4.86. The quantitative estimate of drug-likeness (QED) is 0.765. The van der Waals surface area contributed by atoms with Crippen molar-refractivity contribution in [1.82, 2.24) is 15.4 Å². The van der Waals surface area contributed by atoms with Gasteiger partial charge in [-0.3, -0.25) is 0 Å². The van der Waals surface area contributed by atoms with Crippen molar-refractivity contribution >= 4 is 6.03 Å². The fourth-order valence-electron chi connectivity index (χ4n) is 1.53. The van der Waals surface area contributed by atoms with E-state index in [0.717, 1.165) is 25.9 Å². The van der Waals surface area contributed by atoms with Gasteiger partial charge in [-0.25, -0.2) is 4.79 Å². The Morgan fingerprint density at radius 1 is 1.57 bits per heavy atom. The monoisotopic (exact) mass is 195 g/mol. The summed E-state index contributed by atoms with van der Waals surface area (Å²) in [5.74, 6) is 0.678. The van der Waals surface area contributed by atoms with E-state index >= 15 is 0 Å². The van der Waals surface area contributed by atoms with E-state index in [0.29, 0.717) is 12.3 Å². The SMILES string of the molecule is O=C(NCc1ccno1)N1CCCC1. The van der Waals surface area contributed by atoms with Crippen molar-refractivity contribution in [3.05, 3.63) is 18.0 Å². The van der Waals surface area contributed by atoms with Gasteiger partial charge in [0.05, 0.1) is 12.7 Å². The van der Waals surface area contributed by atoms with E-state index in [1.54, 1.807) is 12.3 Å². The first kappa shape index (κ1) is 9.05. The smallest absolute Gasteiger partial charge is 0.317 e. The Kier molecular flexibility index (Phi) is 2.67. The number of hydrogen-bond acceptors (Lipinski definition) is 3. The maximum atomic E-state index is 11.5. The zero-order valence-corrected chi connectivity index (χ0v) is 7.90. The number of urea groups is 1. The van der Waals surface area contributed by atoms with Crippen LogP contribution in [0, 0.1) is 0 Å². The molecule has 14 heavy (non-hydrogen) atoms. The number of likely N-dealkylation sites (tertiary alicyclic amines) is 1. The van der Waals surface area contributed by atoms with Crippen LogP contribution < -0.4 is 5.32 Å². The Labute approximate surface area is 82.1 Å². The van der Waals surface area contributed by atoms with E-state index in [9.17, 15) is 4.79 Å². The van der Waals surface area contributed by atoms with Crippen molar-refractivity contribution in [2.45, 2.75) is 19.4 Å². The van der Waals surface area contributed by atoms with Gasteiger partial charge in [0.15, 0.2) is 5.76 Å². The van der Waals surface area contributed by atoms with Crippen LogP contribution in [-0.2, 0) is 6.54 Å². The van der Waals surface area contributed by atoms with Crippen LogP contribution >= 0.6 is 0 Å². The number of carbonyl (C=O) groups excluding carboxylic acids is 1. The molecule has 5 heteroatoms. The largest absolute Gasteiger partial charge is 0.360 e. The van der Waals surface area contributed by atoms with E-state index < -0.39 is 0 Å². The van der Waals surface area contributed by atoms with Gasteiger partial charge in [0, 0.05) is 19.2 Å². The van der Waals surface area contributed by atoms with E-state index in [1.807, 2.05) is 4.90 Å². The first-order valence-electron chi connectivity index (χ1n) is 4.78. The third kappa shape index (κ3) is 2.04. The van der Waals surface area contributed by atoms with E-state index in [-0.39, 0.29) is 6.03 Å². The highest BCUT2D eigenvalue weighted by molar-refractivity contribution is 5.74. The maximum absolute atomic E-state index is 11.5. The van der Waals surface area contributed by atoms with Crippen LogP contribution in [0.15, 0.2) is 16.8 Å². The summed E-state index contributed by atoms with van der Waals surface area (Å²) in [5.41, 5.74) is 0. The Balaban J connectivity index is 1.77. The molecular formula is C9H13N3O2. The van der Waals surface area contributed by atoms with Crippen LogP contribution in [0.5, 0.6) is 0 Å². The summed E-state index contributed by atoms with van der Waals surface area (Å²) in [4.78, 5) is 13.3.